The van der Waals surface area contributed by atoms with E-state index in [-0.39, 0.29) is 11.2 Å². The third-order valence-corrected chi connectivity index (χ3v) is 6.98. The first-order valence-corrected chi connectivity index (χ1v) is 12.9. The van der Waals surface area contributed by atoms with Crippen molar-refractivity contribution in [3.63, 3.8) is 0 Å². The minimum atomic E-state index is -1.11. The van der Waals surface area contributed by atoms with Crippen LogP contribution in [0, 0.1) is 11.8 Å². The molecule has 6 nitrogen and oxygen atoms in total. The fraction of sp³-hybridized carbons (Fsp3) is 0.188. The van der Waals surface area contributed by atoms with Crippen LogP contribution >= 0.6 is 11.6 Å². The number of halogens is 1. The van der Waals surface area contributed by atoms with Gasteiger partial charge in [0.1, 0.15) is 5.60 Å². The molecule has 196 valence electrons. The number of pyridine rings is 1. The summed E-state index contributed by atoms with van der Waals surface area (Å²) in [6, 6.07) is 22.7. The number of aromatic amines is 1. The van der Waals surface area contributed by atoms with Gasteiger partial charge in [0.25, 0.3) is 5.56 Å². The van der Waals surface area contributed by atoms with Crippen LogP contribution in [0.4, 0.5) is 0 Å². The van der Waals surface area contributed by atoms with Gasteiger partial charge in [0.2, 0.25) is 0 Å². The zero-order valence-corrected chi connectivity index (χ0v) is 22.9. The molecule has 0 radical (unpaired) electrons. The van der Waals surface area contributed by atoms with Crippen LogP contribution in [0.5, 0.6) is 0 Å². The van der Waals surface area contributed by atoms with Crippen molar-refractivity contribution in [1.29, 1.82) is 0 Å². The Balaban J connectivity index is 1.63. The first-order chi connectivity index (χ1) is 18.5. The summed E-state index contributed by atoms with van der Waals surface area (Å²) in [6.45, 7) is 3.27. The molecule has 0 unspecified atom stereocenters. The Morgan fingerprint density at radius 3 is 2.38 bits per heavy atom. The fourth-order valence-corrected chi connectivity index (χ4v) is 4.78. The molecular weight excluding hydrogens is 510 g/mol. The van der Waals surface area contributed by atoms with E-state index in [0.717, 1.165) is 50.1 Å². The average Bonchev–Trinajstić information content (AvgIpc) is 3.18. The molecule has 5 rings (SSSR count). The van der Waals surface area contributed by atoms with E-state index >= 15 is 0 Å². The Hall–Kier alpha value is -4.31. The van der Waals surface area contributed by atoms with E-state index in [2.05, 4.69) is 22.9 Å². The number of nitrogens with zero attached hydrogens (tertiary/aromatic N) is 2. The molecule has 0 saturated heterocycles. The van der Waals surface area contributed by atoms with E-state index in [1.54, 1.807) is 55.3 Å². The zero-order chi connectivity index (χ0) is 27.9. The Labute approximate surface area is 231 Å². The number of rotatable bonds is 4. The number of hydrogen-bond donors (Lipinski definition) is 2. The maximum absolute atomic E-state index is 12.9. The SMILES string of the molecule is Cn1c(Cc2ccc3c(c2)c(-c2cccc(C#CC(C)(C)O)c2)cc(=O)n3C)c(-c2ccc(Cl)cc2)[nH]c1=O. The van der Waals surface area contributed by atoms with Crippen molar-refractivity contribution in [3.8, 4) is 34.2 Å². The lowest BCUT2D eigenvalue weighted by Gasteiger charge is -2.13. The van der Waals surface area contributed by atoms with Crippen molar-refractivity contribution in [2.45, 2.75) is 25.9 Å². The Bertz CT molecular complexity index is 1890. The Morgan fingerprint density at radius 1 is 0.923 bits per heavy atom. The highest BCUT2D eigenvalue weighted by Gasteiger charge is 2.16. The molecule has 0 bridgehead atoms. The summed E-state index contributed by atoms with van der Waals surface area (Å²) < 4.78 is 3.26. The number of benzene rings is 3. The molecule has 2 N–H and O–H groups in total. The molecule has 0 aliphatic rings. The van der Waals surface area contributed by atoms with Crippen LogP contribution in [0.25, 0.3) is 33.3 Å². The molecule has 0 saturated carbocycles. The van der Waals surface area contributed by atoms with Crippen molar-refractivity contribution in [3.05, 3.63) is 115 Å². The van der Waals surface area contributed by atoms with Crippen LogP contribution in [-0.2, 0) is 20.5 Å². The Kier molecular flexibility index (Phi) is 6.82. The van der Waals surface area contributed by atoms with E-state index in [1.807, 2.05) is 48.5 Å². The fourth-order valence-electron chi connectivity index (χ4n) is 4.66. The van der Waals surface area contributed by atoms with Gasteiger partial charge < -0.3 is 14.7 Å². The van der Waals surface area contributed by atoms with Gasteiger partial charge in [0.05, 0.1) is 16.9 Å². The number of nitrogens with one attached hydrogen (secondary N) is 1. The van der Waals surface area contributed by atoms with Gasteiger partial charge in [-0.25, -0.2) is 4.79 Å². The van der Waals surface area contributed by atoms with E-state index < -0.39 is 5.60 Å². The standard InChI is InChI=1S/C32H28ClN3O3/c1-32(2,39)15-14-20-6-5-7-23(16-20)25-19-29(37)35(3)27-13-8-21(17-26(25)27)18-28-30(34-31(38)36(28)4)22-9-11-24(33)12-10-22/h5-13,16-17,19,39H,18H2,1-4H3,(H,34,38). The van der Waals surface area contributed by atoms with Gasteiger partial charge in [-0.15, -0.1) is 0 Å². The molecule has 5 aromatic rings. The van der Waals surface area contributed by atoms with Gasteiger partial charge in [0.15, 0.2) is 0 Å². The van der Waals surface area contributed by atoms with Crippen LogP contribution in [-0.4, -0.2) is 24.8 Å². The van der Waals surface area contributed by atoms with Crippen molar-refractivity contribution in [2.75, 3.05) is 0 Å². The van der Waals surface area contributed by atoms with Gasteiger partial charge >= 0.3 is 5.69 Å². The van der Waals surface area contributed by atoms with E-state index in [4.69, 9.17) is 11.6 Å². The molecule has 2 aromatic heterocycles. The average molecular weight is 538 g/mol. The Morgan fingerprint density at radius 2 is 1.67 bits per heavy atom. The minimum Gasteiger partial charge on any atom is -0.378 e. The summed E-state index contributed by atoms with van der Waals surface area (Å²) in [5, 5.41) is 11.5. The lowest BCUT2D eigenvalue weighted by atomic mass is 9.96. The second-order valence-electron chi connectivity index (χ2n) is 10.2. The van der Waals surface area contributed by atoms with Crippen LogP contribution in [0.15, 0.2) is 82.4 Å². The predicted molar refractivity (Wildman–Crippen MR) is 157 cm³/mol. The summed E-state index contributed by atoms with van der Waals surface area (Å²) in [4.78, 5) is 28.4. The summed E-state index contributed by atoms with van der Waals surface area (Å²) in [6.07, 6.45) is 0.502. The molecule has 3 aromatic carbocycles. The highest BCUT2D eigenvalue weighted by molar-refractivity contribution is 6.30. The number of aliphatic hydroxyl groups is 1. The lowest BCUT2D eigenvalue weighted by molar-refractivity contribution is 0.143. The van der Waals surface area contributed by atoms with Crippen LogP contribution in [0.1, 0.15) is 30.7 Å². The third-order valence-electron chi connectivity index (χ3n) is 6.73. The molecule has 2 heterocycles. The van der Waals surface area contributed by atoms with Crippen molar-refractivity contribution in [1.82, 2.24) is 14.1 Å². The molecule has 0 atom stereocenters. The number of hydrogen-bond acceptors (Lipinski definition) is 3. The van der Waals surface area contributed by atoms with Crippen LogP contribution < -0.4 is 11.2 Å². The van der Waals surface area contributed by atoms with E-state index in [9.17, 15) is 14.7 Å². The molecule has 7 heteroatoms. The maximum atomic E-state index is 12.9. The van der Waals surface area contributed by atoms with E-state index in [1.165, 1.54) is 0 Å². The highest BCUT2D eigenvalue weighted by atomic mass is 35.5. The first kappa shape index (κ1) is 26.3. The smallest absolute Gasteiger partial charge is 0.325 e. The van der Waals surface area contributed by atoms with Crippen LogP contribution in [0.2, 0.25) is 5.02 Å². The predicted octanol–water partition coefficient (Wildman–Crippen LogP) is 5.27. The topological polar surface area (TPSA) is 80.0 Å². The molecule has 39 heavy (non-hydrogen) atoms. The molecule has 0 fully saturated rings. The maximum Gasteiger partial charge on any atom is 0.325 e. The number of H-pyrrole nitrogens is 1. The van der Waals surface area contributed by atoms with Crippen LogP contribution in [0.3, 0.4) is 0 Å². The lowest BCUT2D eigenvalue weighted by Crippen LogP contribution is -2.16. The largest absolute Gasteiger partial charge is 0.378 e. The van der Waals surface area contributed by atoms with Gasteiger partial charge in [-0.2, -0.15) is 0 Å². The number of fused-ring (bicyclic) bond motifs is 1. The normalized spacial score (nSPS) is 11.4. The number of imidazole rings is 1. The summed E-state index contributed by atoms with van der Waals surface area (Å²) in [7, 11) is 3.51. The highest BCUT2D eigenvalue weighted by Crippen LogP contribution is 2.30. The van der Waals surface area contributed by atoms with Gasteiger partial charge in [-0.05, 0) is 72.5 Å². The quantitative estimate of drug-likeness (QED) is 0.307. The van der Waals surface area contributed by atoms with Gasteiger partial charge in [0, 0.05) is 42.6 Å². The second kappa shape index (κ2) is 10.1. The monoisotopic (exact) mass is 537 g/mol. The molecule has 0 aliphatic heterocycles. The molecular formula is C32H28ClN3O3. The molecule has 0 aliphatic carbocycles. The summed E-state index contributed by atoms with van der Waals surface area (Å²) in [5.74, 6) is 5.86. The number of aromatic nitrogens is 3. The second-order valence-corrected chi connectivity index (χ2v) is 10.6. The number of aryl methyl sites for hydroxylation is 1. The molecule has 0 spiro atoms. The molecule has 0 amide bonds. The van der Waals surface area contributed by atoms with Crippen molar-refractivity contribution in [2.24, 2.45) is 14.1 Å². The minimum absolute atomic E-state index is 0.115. The summed E-state index contributed by atoms with van der Waals surface area (Å²) >= 11 is 6.08. The van der Waals surface area contributed by atoms with Crippen molar-refractivity contribution >= 4 is 22.5 Å². The van der Waals surface area contributed by atoms with Gasteiger partial charge in [-0.3, -0.25) is 9.36 Å². The zero-order valence-electron chi connectivity index (χ0n) is 22.2. The van der Waals surface area contributed by atoms with E-state index in [0.29, 0.717) is 11.4 Å². The van der Waals surface area contributed by atoms with Gasteiger partial charge in [-0.1, -0.05) is 53.8 Å². The third kappa shape index (κ3) is 5.46. The summed E-state index contributed by atoms with van der Waals surface area (Å²) in [5.41, 5.74) is 5.24. The first-order valence-electron chi connectivity index (χ1n) is 12.5. The van der Waals surface area contributed by atoms with Crippen molar-refractivity contribution < 1.29 is 5.11 Å².